The standard InChI is InChI=1S/C21H20N4O2/c1-14(2)27-21-19(24-17-10-6-7-11-18(17)25-21)16(12-22)20(26)23-13-15-8-4-3-5-9-15/h3-11,14,16H,13H2,1-2H3,(H,23,26)/t16-/m0/s1. The zero-order valence-corrected chi connectivity index (χ0v) is 15.2. The number of rotatable bonds is 6. The maximum absolute atomic E-state index is 12.7. The van der Waals surface area contributed by atoms with Crippen LogP contribution in [0, 0.1) is 11.3 Å². The Hall–Kier alpha value is -3.46. The Morgan fingerprint density at radius 3 is 2.33 bits per heavy atom. The van der Waals surface area contributed by atoms with Gasteiger partial charge < -0.3 is 10.1 Å². The molecule has 1 N–H and O–H groups in total. The van der Waals surface area contributed by atoms with E-state index in [1.165, 1.54) is 0 Å². The number of hydrogen-bond donors (Lipinski definition) is 1. The molecule has 1 amide bonds. The Morgan fingerprint density at radius 2 is 1.70 bits per heavy atom. The first-order chi connectivity index (χ1) is 13.1. The number of amides is 1. The van der Waals surface area contributed by atoms with Crippen LogP contribution >= 0.6 is 0 Å². The number of para-hydroxylation sites is 2. The summed E-state index contributed by atoms with van der Waals surface area (Å²) in [4.78, 5) is 21.6. The van der Waals surface area contributed by atoms with E-state index >= 15 is 0 Å². The van der Waals surface area contributed by atoms with E-state index in [4.69, 9.17) is 4.74 Å². The molecule has 0 aliphatic carbocycles. The van der Waals surface area contributed by atoms with E-state index in [-0.39, 0.29) is 17.7 Å². The Morgan fingerprint density at radius 1 is 1.07 bits per heavy atom. The van der Waals surface area contributed by atoms with E-state index < -0.39 is 11.8 Å². The number of aromatic nitrogens is 2. The Labute approximate surface area is 157 Å². The van der Waals surface area contributed by atoms with Gasteiger partial charge in [0.05, 0.1) is 23.2 Å². The number of ether oxygens (including phenoxy) is 1. The quantitative estimate of drug-likeness (QED) is 0.728. The zero-order chi connectivity index (χ0) is 19.2. The minimum absolute atomic E-state index is 0.161. The third-order valence-electron chi connectivity index (χ3n) is 3.89. The van der Waals surface area contributed by atoms with Crippen LogP contribution in [-0.4, -0.2) is 22.0 Å². The van der Waals surface area contributed by atoms with E-state index in [1.807, 2.05) is 68.4 Å². The molecule has 3 aromatic rings. The largest absolute Gasteiger partial charge is 0.474 e. The fourth-order valence-corrected chi connectivity index (χ4v) is 2.63. The van der Waals surface area contributed by atoms with Crippen molar-refractivity contribution < 1.29 is 9.53 Å². The molecule has 0 unspecified atom stereocenters. The predicted octanol–water partition coefficient (Wildman–Crippen LogP) is 3.34. The number of carbonyl (C=O) groups excluding carboxylic acids is 1. The maximum Gasteiger partial charge on any atom is 0.244 e. The molecular formula is C21H20N4O2. The number of fused-ring (bicyclic) bond motifs is 1. The van der Waals surface area contributed by atoms with Crippen molar-refractivity contribution >= 4 is 16.9 Å². The SMILES string of the molecule is CC(C)Oc1nc2ccccc2nc1[C@H](C#N)C(=O)NCc1ccccc1. The van der Waals surface area contributed by atoms with Gasteiger partial charge in [-0.25, -0.2) is 9.97 Å². The molecular weight excluding hydrogens is 340 g/mol. The molecule has 6 nitrogen and oxygen atoms in total. The van der Waals surface area contributed by atoms with Gasteiger partial charge in [-0.05, 0) is 31.5 Å². The lowest BCUT2D eigenvalue weighted by molar-refractivity contribution is -0.121. The third kappa shape index (κ3) is 4.39. The van der Waals surface area contributed by atoms with Crippen molar-refractivity contribution in [2.24, 2.45) is 0 Å². The summed E-state index contributed by atoms with van der Waals surface area (Å²) in [6.45, 7) is 4.05. The summed E-state index contributed by atoms with van der Waals surface area (Å²) in [6, 6.07) is 18.8. The fourth-order valence-electron chi connectivity index (χ4n) is 2.63. The second-order valence-electron chi connectivity index (χ2n) is 6.33. The zero-order valence-electron chi connectivity index (χ0n) is 15.2. The molecule has 0 fully saturated rings. The van der Waals surface area contributed by atoms with Gasteiger partial charge in [-0.2, -0.15) is 5.26 Å². The summed E-state index contributed by atoms with van der Waals surface area (Å²) in [6.07, 6.45) is -0.161. The molecule has 136 valence electrons. The number of nitriles is 1. The van der Waals surface area contributed by atoms with Gasteiger partial charge in [0.2, 0.25) is 11.8 Å². The summed E-state index contributed by atoms with van der Waals surface area (Å²) in [5, 5.41) is 12.4. The van der Waals surface area contributed by atoms with Crippen LogP contribution in [0.2, 0.25) is 0 Å². The Bertz CT molecular complexity index is 980. The summed E-state index contributed by atoms with van der Waals surface area (Å²) in [7, 11) is 0. The first kappa shape index (κ1) is 18.3. The molecule has 1 aromatic heterocycles. The van der Waals surface area contributed by atoms with Crippen LogP contribution in [0.3, 0.4) is 0 Å². The second-order valence-corrected chi connectivity index (χ2v) is 6.33. The summed E-state index contributed by atoms with van der Waals surface area (Å²) >= 11 is 0. The van der Waals surface area contributed by atoms with Gasteiger partial charge in [-0.3, -0.25) is 4.79 Å². The molecule has 0 bridgehead atoms. The van der Waals surface area contributed by atoms with Gasteiger partial charge in [0, 0.05) is 6.54 Å². The third-order valence-corrected chi connectivity index (χ3v) is 3.89. The topological polar surface area (TPSA) is 87.9 Å². The highest BCUT2D eigenvalue weighted by Gasteiger charge is 2.27. The van der Waals surface area contributed by atoms with Crippen molar-refractivity contribution in [1.29, 1.82) is 5.26 Å². The highest BCUT2D eigenvalue weighted by atomic mass is 16.5. The van der Waals surface area contributed by atoms with Crippen LogP contribution < -0.4 is 10.1 Å². The maximum atomic E-state index is 12.7. The minimum Gasteiger partial charge on any atom is -0.474 e. The molecule has 0 radical (unpaired) electrons. The average Bonchev–Trinajstić information content (AvgIpc) is 2.67. The second kappa shape index (κ2) is 8.28. The lowest BCUT2D eigenvalue weighted by atomic mass is 10.1. The smallest absolute Gasteiger partial charge is 0.244 e. The molecule has 0 saturated carbocycles. The van der Waals surface area contributed by atoms with Crippen LogP contribution in [0.15, 0.2) is 54.6 Å². The number of nitrogens with zero attached hydrogens (tertiary/aromatic N) is 3. The van der Waals surface area contributed by atoms with Gasteiger partial charge >= 0.3 is 0 Å². The predicted molar refractivity (Wildman–Crippen MR) is 102 cm³/mol. The van der Waals surface area contributed by atoms with Gasteiger partial charge in [-0.15, -0.1) is 0 Å². The molecule has 2 aromatic carbocycles. The van der Waals surface area contributed by atoms with Gasteiger partial charge in [0.25, 0.3) is 0 Å². The lowest BCUT2D eigenvalue weighted by Gasteiger charge is -2.16. The highest BCUT2D eigenvalue weighted by Crippen LogP contribution is 2.27. The van der Waals surface area contributed by atoms with Gasteiger partial charge in [0.1, 0.15) is 5.69 Å². The lowest BCUT2D eigenvalue weighted by Crippen LogP contribution is -2.29. The van der Waals surface area contributed by atoms with Crippen LogP contribution in [0.1, 0.15) is 31.0 Å². The van der Waals surface area contributed by atoms with E-state index in [1.54, 1.807) is 6.07 Å². The highest BCUT2D eigenvalue weighted by molar-refractivity contribution is 5.87. The van der Waals surface area contributed by atoms with Crippen LogP contribution in [0.5, 0.6) is 5.88 Å². The minimum atomic E-state index is -1.11. The Balaban J connectivity index is 1.91. The first-order valence-corrected chi connectivity index (χ1v) is 8.73. The molecule has 6 heteroatoms. The van der Waals surface area contributed by atoms with Gasteiger partial charge in [0.15, 0.2) is 5.92 Å². The van der Waals surface area contributed by atoms with E-state index in [0.717, 1.165) is 5.56 Å². The number of carbonyl (C=O) groups is 1. The van der Waals surface area contributed by atoms with Crippen molar-refractivity contribution in [2.45, 2.75) is 32.4 Å². The number of benzene rings is 2. The molecule has 3 rings (SSSR count). The number of nitrogens with one attached hydrogen (secondary N) is 1. The summed E-state index contributed by atoms with van der Waals surface area (Å²) in [5.74, 6) is -1.33. The first-order valence-electron chi connectivity index (χ1n) is 8.73. The normalized spacial score (nSPS) is 11.8. The molecule has 1 heterocycles. The van der Waals surface area contributed by atoms with Crippen molar-refractivity contribution in [2.75, 3.05) is 0 Å². The molecule has 0 aliphatic heterocycles. The average molecular weight is 360 g/mol. The monoisotopic (exact) mass is 360 g/mol. The van der Waals surface area contributed by atoms with Crippen molar-refractivity contribution in [3.8, 4) is 11.9 Å². The van der Waals surface area contributed by atoms with E-state index in [9.17, 15) is 10.1 Å². The molecule has 27 heavy (non-hydrogen) atoms. The Kier molecular flexibility index (Phi) is 5.62. The summed E-state index contributed by atoms with van der Waals surface area (Å²) < 4.78 is 5.74. The van der Waals surface area contributed by atoms with Crippen molar-refractivity contribution in [3.05, 3.63) is 65.9 Å². The molecule has 0 saturated heterocycles. The van der Waals surface area contributed by atoms with E-state index in [2.05, 4.69) is 15.3 Å². The van der Waals surface area contributed by atoms with Crippen LogP contribution in [-0.2, 0) is 11.3 Å². The molecule has 0 spiro atoms. The molecule has 1 atom stereocenters. The van der Waals surface area contributed by atoms with Crippen molar-refractivity contribution in [1.82, 2.24) is 15.3 Å². The van der Waals surface area contributed by atoms with Crippen LogP contribution in [0.4, 0.5) is 0 Å². The molecule has 0 aliphatic rings. The van der Waals surface area contributed by atoms with Crippen LogP contribution in [0.25, 0.3) is 11.0 Å². The van der Waals surface area contributed by atoms with Crippen molar-refractivity contribution in [3.63, 3.8) is 0 Å². The van der Waals surface area contributed by atoms with Gasteiger partial charge in [-0.1, -0.05) is 42.5 Å². The summed E-state index contributed by atoms with van der Waals surface area (Å²) in [5.41, 5.74) is 2.44. The van der Waals surface area contributed by atoms with E-state index in [0.29, 0.717) is 17.6 Å². The number of hydrogen-bond acceptors (Lipinski definition) is 5. The fraction of sp³-hybridized carbons (Fsp3) is 0.238.